The maximum Gasteiger partial charge on any atom is 0.325 e. The maximum atomic E-state index is 12.7. The SMILES string of the molecule is CN1CCN(C(=O)CN2CCN([C@H](C(=O)O)c3cn(CC(=O)O)c4ccccc34)CC2)CC1. The van der Waals surface area contributed by atoms with Gasteiger partial charge in [-0.3, -0.25) is 24.2 Å². The van der Waals surface area contributed by atoms with Crippen molar-refractivity contribution in [2.45, 2.75) is 12.6 Å². The highest BCUT2D eigenvalue weighted by atomic mass is 16.4. The summed E-state index contributed by atoms with van der Waals surface area (Å²) in [5.41, 5.74) is 1.30. The number of para-hydroxylation sites is 1. The molecule has 0 saturated carbocycles. The van der Waals surface area contributed by atoms with E-state index in [-0.39, 0.29) is 12.5 Å². The third kappa shape index (κ3) is 5.18. The molecule has 33 heavy (non-hydrogen) atoms. The van der Waals surface area contributed by atoms with Gasteiger partial charge in [-0.25, -0.2) is 0 Å². The van der Waals surface area contributed by atoms with Crippen LogP contribution in [-0.2, 0) is 20.9 Å². The third-order valence-corrected chi connectivity index (χ3v) is 6.64. The third-order valence-electron chi connectivity index (χ3n) is 6.64. The summed E-state index contributed by atoms with van der Waals surface area (Å²) >= 11 is 0. The number of carbonyl (C=O) groups is 3. The lowest BCUT2D eigenvalue weighted by Gasteiger charge is -2.39. The molecule has 0 aliphatic carbocycles. The minimum Gasteiger partial charge on any atom is -0.480 e. The van der Waals surface area contributed by atoms with Gasteiger partial charge in [-0.15, -0.1) is 0 Å². The van der Waals surface area contributed by atoms with Gasteiger partial charge < -0.3 is 24.6 Å². The Morgan fingerprint density at radius 3 is 2.21 bits per heavy atom. The van der Waals surface area contributed by atoms with E-state index in [9.17, 15) is 24.6 Å². The Hall–Kier alpha value is -2.95. The molecule has 178 valence electrons. The number of benzene rings is 1. The topological polar surface area (TPSA) is 110 Å². The van der Waals surface area contributed by atoms with Crippen molar-refractivity contribution in [1.82, 2.24) is 24.2 Å². The number of rotatable bonds is 7. The van der Waals surface area contributed by atoms with Crippen molar-refractivity contribution < 1.29 is 24.6 Å². The predicted octanol–water partition coefficient (Wildman–Crippen LogP) is 0.243. The largest absolute Gasteiger partial charge is 0.480 e. The van der Waals surface area contributed by atoms with E-state index in [4.69, 9.17) is 0 Å². The number of hydrogen-bond donors (Lipinski definition) is 2. The number of amides is 1. The molecule has 1 amide bonds. The van der Waals surface area contributed by atoms with Crippen molar-refractivity contribution in [3.05, 3.63) is 36.0 Å². The number of carboxylic acid groups (broad SMARTS) is 2. The second-order valence-corrected chi connectivity index (χ2v) is 8.86. The molecule has 0 unspecified atom stereocenters. The normalized spacial score (nSPS) is 19.6. The summed E-state index contributed by atoms with van der Waals surface area (Å²) in [5.74, 6) is -1.81. The van der Waals surface area contributed by atoms with Crippen LogP contribution < -0.4 is 0 Å². The van der Waals surface area contributed by atoms with E-state index >= 15 is 0 Å². The van der Waals surface area contributed by atoms with Gasteiger partial charge in [-0.2, -0.15) is 0 Å². The first-order chi connectivity index (χ1) is 15.8. The molecule has 10 nitrogen and oxygen atoms in total. The Morgan fingerprint density at radius 2 is 1.58 bits per heavy atom. The van der Waals surface area contributed by atoms with E-state index in [0.29, 0.717) is 43.8 Å². The summed E-state index contributed by atoms with van der Waals surface area (Å²) in [5, 5.41) is 20.1. The quantitative estimate of drug-likeness (QED) is 0.609. The number of aliphatic carboxylic acids is 2. The van der Waals surface area contributed by atoms with Crippen molar-refractivity contribution in [3.8, 4) is 0 Å². The average molecular weight is 458 g/mol. The van der Waals surface area contributed by atoms with Gasteiger partial charge in [0.25, 0.3) is 0 Å². The van der Waals surface area contributed by atoms with Gasteiger partial charge in [0.1, 0.15) is 12.6 Å². The summed E-state index contributed by atoms with van der Waals surface area (Å²) in [6, 6.07) is 6.42. The fraction of sp³-hybridized carbons (Fsp3) is 0.522. The lowest BCUT2D eigenvalue weighted by atomic mass is 10.0. The van der Waals surface area contributed by atoms with Crippen LogP contribution in [0.25, 0.3) is 10.9 Å². The van der Waals surface area contributed by atoms with Gasteiger partial charge in [0.15, 0.2) is 0 Å². The van der Waals surface area contributed by atoms with E-state index in [1.807, 2.05) is 34.1 Å². The molecule has 2 N–H and O–H groups in total. The molecule has 1 aromatic heterocycles. The summed E-state index contributed by atoms with van der Waals surface area (Å²) in [6.45, 7) is 5.64. The monoisotopic (exact) mass is 457 g/mol. The number of nitrogens with zero attached hydrogens (tertiary/aromatic N) is 5. The van der Waals surface area contributed by atoms with Crippen LogP contribution >= 0.6 is 0 Å². The van der Waals surface area contributed by atoms with E-state index < -0.39 is 18.0 Å². The first-order valence-electron chi connectivity index (χ1n) is 11.3. The molecular weight excluding hydrogens is 426 g/mol. The molecule has 0 bridgehead atoms. The first kappa shape index (κ1) is 23.2. The van der Waals surface area contributed by atoms with Crippen molar-refractivity contribution in [1.29, 1.82) is 0 Å². The minimum atomic E-state index is -0.979. The number of fused-ring (bicyclic) bond motifs is 1. The van der Waals surface area contributed by atoms with Gasteiger partial charge in [0.05, 0.1) is 6.54 Å². The van der Waals surface area contributed by atoms with Gasteiger partial charge in [-0.05, 0) is 13.1 Å². The lowest BCUT2D eigenvalue weighted by molar-refractivity contribution is -0.145. The molecule has 3 heterocycles. The van der Waals surface area contributed by atoms with Crippen molar-refractivity contribution in [2.24, 2.45) is 0 Å². The Labute approximate surface area is 192 Å². The van der Waals surface area contributed by atoms with Gasteiger partial charge >= 0.3 is 11.9 Å². The standard InChI is InChI=1S/C23H31N5O5/c1-24-6-10-26(11-7-24)20(29)15-25-8-12-27(13-9-25)22(23(32)33)18-14-28(16-21(30)31)19-5-3-2-4-17(18)19/h2-5,14,22H,6-13,15-16H2,1H3,(H,30,31)(H,32,33)/t22-/m0/s1. The van der Waals surface area contributed by atoms with Crippen LogP contribution in [0.15, 0.2) is 30.5 Å². The molecule has 1 aromatic carbocycles. The minimum absolute atomic E-state index is 0.128. The molecule has 1 atom stereocenters. The lowest BCUT2D eigenvalue weighted by Crippen LogP contribution is -2.54. The van der Waals surface area contributed by atoms with Crippen LogP contribution in [0, 0.1) is 0 Å². The molecular formula is C23H31N5O5. The van der Waals surface area contributed by atoms with Gasteiger partial charge in [-0.1, -0.05) is 18.2 Å². The first-order valence-corrected chi connectivity index (χ1v) is 11.3. The van der Waals surface area contributed by atoms with Crippen LogP contribution in [0.3, 0.4) is 0 Å². The number of hydrogen-bond acceptors (Lipinski definition) is 6. The van der Waals surface area contributed by atoms with Crippen molar-refractivity contribution in [3.63, 3.8) is 0 Å². The highest BCUT2D eigenvalue weighted by Gasteiger charge is 2.33. The molecule has 10 heteroatoms. The summed E-state index contributed by atoms with van der Waals surface area (Å²) in [7, 11) is 2.05. The Morgan fingerprint density at radius 1 is 0.909 bits per heavy atom. The van der Waals surface area contributed by atoms with Crippen LogP contribution in [0.1, 0.15) is 11.6 Å². The number of piperazine rings is 2. The molecule has 2 aliphatic heterocycles. The second-order valence-electron chi connectivity index (χ2n) is 8.86. The molecule has 2 saturated heterocycles. The van der Waals surface area contributed by atoms with Crippen molar-refractivity contribution in [2.75, 3.05) is 66.0 Å². The fourth-order valence-electron chi connectivity index (χ4n) is 4.78. The zero-order valence-corrected chi connectivity index (χ0v) is 18.9. The number of carboxylic acids is 2. The van der Waals surface area contributed by atoms with E-state index in [1.54, 1.807) is 10.8 Å². The molecule has 0 spiro atoms. The molecule has 2 aromatic rings. The average Bonchev–Trinajstić information content (AvgIpc) is 3.13. The number of aromatic nitrogens is 1. The zero-order chi connectivity index (χ0) is 23.5. The maximum absolute atomic E-state index is 12.7. The van der Waals surface area contributed by atoms with Crippen molar-refractivity contribution >= 4 is 28.7 Å². The van der Waals surface area contributed by atoms with Crippen LogP contribution in [0.4, 0.5) is 0 Å². The fourth-order valence-corrected chi connectivity index (χ4v) is 4.78. The zero-order valence-electron chi connectivity index (χ0n) is 18.9. The smallest absolute Gasteiger partial charge is 0.325 e. The summed E-state index contributed by atoms with van der Waals surface area (Å²) in [6.07, 6.45) is 1.65. The molecule has 0 radical (unpaired) electrons. The summed E-state index contributed by atoms with van der Waals surface area (Å²) in [4.78, 5) is 44.4. The van der Waals surface area contributed by atoms with Crippen LogP contribution in [-0.4, -0.2) is 118 Å². The van der Waals surface area contributed by atoms with E-state index in [0.717, 1.165) is 31.6 Å². The summed E-state index contributed by atoms with van der Waals surface area (Å²) < 4.78 is 1.59. The Bertz CT molecular complexity index is 1020. The Kier molecular flexibility index (Phi) is 6.96. The highest BCUT2D eigenvalue weighted by Crippen LogP contribution is 2.31. The molecule has 2 fully saturated rings. The van der Waals surface area contributed by atoms with E-state index in [2.05, 4.69) is 16.8 Å². The van der Waals surface area contributed by atoms with E-state index in [1.165, 1.54) is 0 Å². The van der Waals surface area contributed by atoms with Crippen LogP contribution in [0.5, 0.6) is 0 Å². The van der Waals surface area contributed by atoms with Gasteiger partial charge in [0.2, 0.25) is 5.91 Å². The number of likely N-dealkylation sites (N-methyl/N-ethyl adjacent to an activating group) is 1. The second kappa shape index (κ2) is 9.90. The van der Waals surface area contributed by atoms with Crippen LogP contribution in [0.2, 0.25) is 0 Å². The Balaban J connectivity index is 1.45. The highest BCUT2D eigenvalue weighted by molar-refractivity contribution is 5.90. The number of carbonyl (C=O) groups excluding carboxylic acids is 1. The molecule has 2 aliphatic rings. The predicted molar refractivity (Wildman–Crippen MR) is 122 cm³/mol. The molecule has 4 rings (SSSR count). The van der Waals surface area contributed by atoms with Gasteiger partial charge in [0, 0.05) is 75.0 Å².